The summed E-state index contributed by atoms with van der Waals surface area (Å²) in [6.07, 6.45) is 4.02. The van der Waals surface area contributed by atoms with E-state index in [1.54, 1.807) is 27.5 Å². The monoisotopic (exact) mass is 500 g/mol. The molecule has 8 heteroatoms. The lowest BCUT2D eigenvalue weighted by molar-refractivity contribution is 0.342. The van der Waals surface area contributed by atoms with Gasteiger partial charge in [0.2, 0.25) is 11.6 Å². The van der Waals surface area contributed by atoms with Crippen molar-refractivity contribution in [2.24, 2.45) is 4.99 Å². The van der Waals surface area contributed by atoms with Gasteiger partial charge >= 0.3 is 0 Å². The third-order valence-corrected chi connectivity index (χ3v) is 3.89. The second-order valence-electron chi connectivity index (χ2n) is 5.80. The zero-order chi connectivity index (χ0) is 19.5. The largest absolute Gasteiger partial charge is 0.493 e. The number of hydrogen-bond donors (Lipinski definition) is 2. The third-order valence-electron chi connectivity index (χ3n) is 3.89. The number of halogens is 1. The molecule has 1 heterocycles. The van der Waals surface area contributed by atoms with Crippen LogP contribution < -0.4 is 24.8 Å². The quantitative estimate of drug-likeness (QED) is 0.235. The van der Waals surface area contributed by atoms with Crippen molar-refractivity contribution in [1.29, 1.82) is 0 Å². The van der Waals surface area contributed by atoms with Gasteiger partial charge in [-0.25, -0.2) is 4.98 Å². The van der Waals surface area contributed by atoms with Gasteiger partial charge in [-0.2, -0.15) is 0 Å². The molecule has 0 spiro atoms. The summed E-state index contributed by atoms with van der Waals surface area (Å²) in [6.45, 7) is 3.69. The fourth-order valence-corrected chi connectivity index (χ4v) is 2.39. The maximum absolute atomic E-state index is 5.87. The van der Waals surface area contributed by atoms with Gasteiger partial charge in [-0.05, 0) is 24.1 Å². The number of methoxy groups -OCH3 is 2. The molecule has 0 aliphatic heterocycles. The van der Waals surface area contributed by atoms with Crippen molar-refractivity contribution < 1.29 is 14.2 Å². The minimum absolute atomic E-state index is 0. The number of unbranched alkanes of at least 4 members (excludes halogenated alkanes) is 1. The molecule has 0 amide bonds. The van der Waals surface area contributed by atoms with Crippen LogP contribution in [0.15, 0.2) is 41.5 Å². The number of aliphatic imine (C=N–C) groups is 1. The maximum Gasteiger partial charge on any atom is 0.219 e. The van der Waals surface area contributed by atoms with E-state index in [1.807, 2.05) is 30.3 Å². The van der Waals surface area contributed by atoms with E-state index >= 15 is 0 Å². The third kappa shape index (κ3) is 7.06. The van der Waals surface area contributed by atoms with Gasteiger partial charge in [0.05, 0.1) is 14.2 Å². The van der Waals surface area contributed by atoms with Crippen LogP contribution in [0, 0.1) is 0 Å². The Kier molecular flexibility index (Phi) is 11.1. The number of pyridine rings is 1. The SMILES string of the molecule is CCCCNC(=NC)NCc1ccc(Oc2c(OC)cccc2OC)nc1.I. The molecule has 0 radical (unpaired) electrons. The van der Waals surface area contributed by atoms with Crippen LogP contribution in [-0.4, -0.2) is 38.8 Å². The summed E-state index contributed by atoms with van der Waals surface area (Å²) in [6, 6.07) is 9.24. The summed E-state index contributed by atoms with van der Waals surface area (Å²) in [4.78, 5) is 8.58. The van der Waals surface area contributed by atoms with Gasteiger partial charge in [0.15, 0.2) is 17.5 Å². The lowest BCUT2D eigenvalue weighted by Gasteiger charge is -2.14. The first-order chi connectivity index (χ1) is 13.2. The van der Waals surface area contributed by atoms with Crippen LogP contribution in [0.25, 0.3) is 0 Å². The molecule has 0 fully saturated rings. The number of rotatable bonds is 9. The van der Waals surface area contributed by atoms with E-state index in [9.17, 15) is 0 Å². The normalized spacial score (nSPS) is 10.6. The first-order valence-corrected chi connectivity index (χ1v) is 9.00. The molecular formula is C20H29IN4O3. The molecule has 0 saturated heterocycles. The van der Waals surface area contributed by atoms with Crippen molar-refractivity contribution in [3.8, 4) is 23.1 Å². The maximum atomic E-state index is 5.87. The Morgan fingerprint density at radius 3 is 2.32 bits per heavy atom. The highest BCUT2D eigenvalue weighted by Gasteiger charge is 2.13. The molecule has 1 aromatic heterocycles. The van der Waals surface area contributed by atoms with Crippen molar-refractivity contribution in [3.63, 3.8) is 0 Å². The van der Waals surface area contributed by atoms with Gasteiger partial charge < -0.3 is 24.8 Å². The topological polar surface area (TPSA) is 77.0 Å². The summed E-state index contributed by atoms with van der Waals surface area (Å²) in [7, 11) is 4.94. The molecular weight excluding hydrogens is 471 g/mol. The van der Waals surface area contributed by atoms with Gasteiger partial charge in [0.1, 0.15) is 0 Å². The Labute approximate surface area is 183 Å². The van der Waals surface area contributed by atoms with Crippen molar-refractivity contribution in [3.05, 3.63) is 42.1 Å². The molecule has 0 aliphatic carbocycles. The molecule has 2 N–H and O–H groups in total. The first-order valence-electron chi connectivity index (χ1n) is 9.00. The smallest absolute Gasteiger partial charge is 0.219 e. The fraction of sp³-hybridized carbons (Fsp3) is 0.400. The number of ether oxygens (including phenoxy) is 3. The fourth-order valence-electron chi connectivity index (χ4n) is 2.39. The minimum atomic E-state index is 0. The van der Waals surface area contributed by atoms with Crippen molar-refractivity contribution >= 4 is 29.9 Å². The van der Waals surface area contributed by atoms with Gasteiger partial charge in [-0.1, -0.05) is 25.5 Å². The molecule has 2 aromatic rings. The molecule has 0 bridgehead atoms. The predicted molar refractivity (Wildman–Crippen MR) is 122 cm³/mol. The van der Waals surface area contributed by atoms with Crippen molar-refractivity contribution in [2.75, 3.05) is 27.8 Å². The number of nitrogens with zero attached hydrogens (tertiary/aromatic N) is 2. The lowest BCUT2D eigenvalue weighted by Crippen LogP contribution is -2.37. The van der Waals surface area contributed by atoms with E-state index in [1.165, 1.54) is 0 Å². The molecule has 2 rings (SSSR count). The molecule has 0 aliphatic rings. The van der Waals surface area contributed by atoms with Crippen LogP contribution in [0.5, 0.6) is 23.1 Å². The van der Waals surface area contributed by atoms with Gasteiger partial charge in [-0.3, -0.25) is 4.99 Å². The van der Waals surface area contributed by atoms with Crippen LogP contribution in [0.1, 0.15) is 25.3 Å². The van der Waals surface area contributed by atoms with Gasteiger partial charge in [-0.15, -0.1) is 24.0 Å². The Balaban J connectivity index is 0.00000392. The highest BCUT2D eigenvalue weighted by Crippen LogP contribution is 2.39. The second kappa shape index (κ2) is 13.0. The van der Waals surface area contributed by atoms with Crippen molar-refractivity contribution in [2.45, 2.75) is 26.3 Å². The molecule has 28 heavy (non-hydrogen) atoms. The van der Waals surface area contributed by atoms with Crippen LogP contribution in [0.3, 0.4) is 0 Å². The molecule has 0 unspecified atom stereocenters. The highest BCUT2D eigenvalue weighted by atomic mass is 127. The van der Waals surface area contributed by atoms with Gasteiger partial charge in [0.25, 0.3) is 0 Å². The number of guanidine groups is 1. The highest BCUT2D eigenvalue weighted by molar-refractivity contribution is 14.0. The second-order valence-corrected chi connectivity index (χ2v) is 5.80. The first kappa shape index (κ1) is 23.8. The Hall–Kier alpha value is -2.23. The number of benzene rings is 1. The van der Waals surface area contributed by atoms with Crippen LogP contribution in [0.2, 0.25) is 0 Å². The lowest BCUT2D eigenvalue weighted by atomic mass is 10.3. The van der Waals surface area contributed by atoms with Crippen molar-refractivity contribution in [1.82, 2.24) is 15.6 Å². The van der Waals surface area contributed by atoms with E-state index < -0.39 is 0 Å². The van der Waals surface area contributed by atoms with Gasteiger partial charge in [0, 0.05) is 32.4 Å². The molecule has 7 nitrogen and oxygen atoms in total. The summed E-state index contributed by atoms with van der Waals surface area (Å²) < 4.78 is 16.5. The summed E-state index contributed by atoms with van der Waals surface area (Å²) in [5, 5.41) is 6.54. The Morgan fingerprint density at radius 1 is 1.07 bits per heavy atom. The Bertz CT molecular complexity index is 716. The van der Waals surface area contributed by atoms with Crippen LogP contribution in [0.4, 0.5) is 0 Å². The molecule has 1 aromatic carbocycles. The van der Waals surface area contributed by atoms with E-state index in [0.717, 1.165) is 30.9 Å². The molecule has 0 saturated carbocycles. The summed E-state index contributed by atoms with van der Waals surface area (Å²) in [5.41, 5.74) is 1.02. The molecule has 0 atom stereocenters. The summed E-state index contributed by atoms with van der Waals surface area (Å²) >= 11 is 0. The standard InChI is InChI=1S/C20H28N4O3.HI/c1-5-6-12-22-20(21-2)24-14-15-10-11-18(23-13-15)27-19-16(25-3)8-7-9-17(19)26-4;/h7-11,13H,5-6,12,14H2,1-4H3,(H2,21,22,24);1H. The van der Waals surface area contributed by atoms with E-state index in [-0.39, 0.29) is 24.0 Å². The van der Waals surface area contributed by atoms with E-state index in [4.69, 9.17) is 14.2 Å². The van der Waals surface area contributed by atoms with E-state index in [2.05, 4.69) is 27.5 Å². The minimum Gasteiger partial charge on any atom is -0.493 e. The average Bonchev–Trinajstić information content (AvgIpc) is 2.71. The average molecular weight is 500 g/mol. The zero-order valence-corrected chi connectivity index (χ0v) is 19.2. The van der Waals surface area contributed by atoms with Crippen LogP contribution in [-0.2, 0) is 6.54 Å². The number of hydrogen-bond acceptors (Lipinski definition) is 5. The number of para-hydroxylation sites is 1. The molecule has 154 valence electrons. The van der Waals surface area contributed by atoms with Crippen LogP contribution >= 0.6 is 24.0 Å². The van der Waals surface area contributed by atoms with E-state index in [0.29, 0.717) is 29.7 Å². The zero-order valence-electron chi connectivity index (χ0n) is 16.8. The number of aromatic nitrogens is 1. The predicted octanol–water partition coefficient (Wildman–Crippen LogP) is 3.97. The Morgan fingerprint density at radius 2 is 1.79 bits per heavy atom. The number of nitrogens with one attached hydrogen (secondary N) is 2. The summed E-state index contributed by atoms with van der Waals surface area (Å²) in [5.74, 6) is 2.92.